The van der Waals surface area contributed by atoms with Gasteiger partial charge < -0.3 is 24.3 Å². The lowest BCUT2D eigenvalue weighted by molar-refractivity contribution is -0.152. The fourth-order valence-corrected chi connectivity index (χ4v) is 5.50. The lowest BCUT2D eigenvalue weighted by Gasteiger charge is -2.57. The van der Waals surface area contributed by atoms with Gasteiger partial charge in [-0.25, -0.2) is 0 Å². The van der Waals surface area contributed by atoms with E-state index in [0.717, 1.165) is 32.4 Å². The van der Waals surface area contributed by atoms with Crippen LogP contribution in [0.25, 0.3) is 0 Å². The molecule has 1 aromatic heterocycles. The van der Waals surface area contributed by atoms with E-state index in [1.54, 1.807) is 6.92 Å². The molecule has 0 aromatic carbocycles. The number of fused-ring (bicyclic) bond motifs is 4. The van der Waals surface area contributed by atoms with Crippen LogP contribution in [0.1, 0.15) is 47.5 Å². The zero-order valence-electron chi connectivity index (χ0n) is 18.2. The smallest absolute Gasteiger partial charge is 0.290 e. The summed E-state index contributed by atoms with van der Waals surface area (Å²) in [6, 6.07) is 0.460. The first-order chi connectivity index (χ1) is 14.3. The van der Waals surface area contributed by atoms with E-state index < -0.39 is 0 Å². The SMILES string of the molecule is Cc1noc(C)c1C(=O)N1C[C@H]2C[C@@H](C1)[C@H](CN(C)C)N1C(=O)CCC[C@@H]21.O=CO. The number of rotatable bonds is 3. The molecule has 9 heteroatoms. The molecule has 30 heavy (non-hydrogen) atoms. The number of aryl methyl sites for hydroxylation is 2. The molecule has 0 saturated carbocycles. The topological polar surface area (TPSA) is 107 Å². The molecule has 2 bridgehead atoms. The molecule has 4 atom stereocenters. The van der Waals surface area contributed by atoms with Crippen LogP contribution in [0, 0.1) is 25.7 Å². The molecule has 0 unspecified atom stereocenters. The van der Waals surface area contributed by atoms with Gasteiger partial charge in [-0.3, -0.25) is 14.4 Å². The normalized spacial score (nSPS) is 28.0. The number of carboxylic acid groups (broad SMARTS) is 1. The fourth-order valence-electron chi connectivity index (χ4n) is 5.50. The molecule has 4 heterocycles. The largest absolute Gasteiger partial charge is 0.483 e. The van der Waals surface area contributed by atoms with E-state index in [1.807, 2.05) is 11.8 Å². The average Bonchev–Trinajstić information content (AvgIpc) is 3.03. The van der Waals surface area contributed by atoms with Gasteiger partial charge in [0, 0.05) is 38.1 Å². The highest BCUT2D eigenvalue weighted by atomic mass is 16.5. The van der Waals surface area contributed by atoms with Crippen molar-refractivity contribution in [2.24, 2.45) is 11.8 Å². The van der Waals surface area contributed by atoms with Crippen LogP contribution < -0.4 is 0 Å². The van der Waals surface area contributed by atoms with Gasteiger partial charge in [-0.15, -0.1) is 0 Å². The summed E-state index contributed by atoms with van der Waals surface area (Å²) in [4.78, 5) is 40.7. The van der Waals surface area contributed by atoms with Gasteiger partial charge in [0.15, 0.2) is 0 Å². The van der Waals surface area contributed by atoms with Gasteiger partial charge in [0.2, 0.25) is 5.91 Å². The van der Waals surface area contributed by atoms with Crippen molar-refractivity contribution in [3.05, 3.63) is 17.0 Å². The Balaban J connectivity index is 0.000000806. The van der Waals surface area contributed by atoms with Crippen molar-refractivity contribution in [2.75, 3.05) is 33.7 Å². The summed E-state index contributed by atoms with van der Waals surface area (Å²) < 4.78 is 5.22. The van der Waals surface area contributed by atoms with Gasteiger partial charge in [-0.1, -0.05) is 5.16 Å². The molecule has 0 aliphatic carbocycles. The Morgan fingerprint density at radius 2 is 1.97 bits per heavy atom. The minimum absolute atomic E-state index is 0.0279. The number of carbonyl (C=O) groups is 3. The van der Waals surface area contributed by atoms with E-state index in [1.165, 1.54) is 0 Å². The molecule has 1 N–H and O–H groups in total. The predicted molar refractivity (Wildman–Crippen MR) is 109 cm³/mol. The van der Waals surface area contributed by atoms with Crippen molar-refractivity contribution >= 4 is 18.3 Å². The van der Waals surface area contributed by atoms with E-state index in [0.29, 0.717) is 47.7 Å². The Hall–Kier alpha value is -2.42. The number of aromatic nitrogens is 1. The zero-order valence-corrected chi connectivity index (χ0v) is 18.2. The van der Waals surface area contributed by atoms with Crippen molar-refractivity contribution < 1.29 is 24.0 Å². The molecule has 3 saturated heterocycles. The lowest BCUT2D eigenvalue weighted by atomic mass is 9.71. The molecule has 2 amide bonds. The van der Waals surface area contributed by atoms with Crippen molar-refractivity contribution in [3.63, 3.8) is 0 Å². The molecule has 9 nitrogen and oxygen atoms in total. The second-order valence-corrected chi connectivity index (χ2v) is 8.86. The van der Waals surface area contributed by atoms with Crippen LogP contribution >= 0.6 is 0 Å². The molecular formula is C21H32N4O5. The molecule has 166 valence electrons. The second-order valence-electron chi connectivity index (χ2n) is 8.86. The fraction of sp³-hybridized carbons (Fsp3) is 0.714. The Kier molecular flexibility index (Phi) is 6.80. The summed E-state index contributed by atoms with van der Waals surface area (Å²) >= 11 is 0. The minimum atomic E-state index is -0.250. The van der Waals surface area contributed by atoms with Crippen LogP contribution in [-0.2, 0) is 9.59 Å². The Morgan fingerprint density at radius 3 is 2.57 bits per heavy atom. The Bertz CT molecular complexity index is 773. The third-order valence-electron chi connectivity index (χ3n) is 6.58. The van der Waals surface area contributed by atoms with E-state index in [9.17, 15) is 9.59 Å². The summed E-state index contributed by atoms with van der Waals surface area (Å²) in [5, 5.41) is 10.8. The molecule has 3 aliphatic rings. The Morgan fingerprint density at radius 1 is 1.30 bits per heavy atom. The number of piperidine rings is 3. The highest BCUT2D eigenvalue weighted by molar-refractivity contribution is 5.96. The number of carbonyl (C=O) groups excluding carboxylic acids is 2. The quantitative estimate of drug-likeness (QED) is 0.737. The number of nitrogens with zero attached hydrogens (tertiary/aromatic N) is 4. The third-order valence-corrected chi connectivity index (χ3v) is 6.58. The van der Waals surface area contributed by atoms with Gasteiger partial charge in [0.25, 0.3) is 12.4 Å². The molecule has 1 aromatic rings. The van der Waals surface area contributed by atoms with Gasteiger partial charge in [0.1, 0.15) is 11.3 Å². The molecule has 3 fully saturated rings. The minimum Gasteiger partial charge on any atom is -0.483 e. The van der Waals surface area contributed by atoms with Crippen molar-refractivity contribution in [2.45, 2.75) is 51.6 Å². The molecule has 0 radical (unpaired) electrons. The summed E-state index contributed by atoms with van der Waals surface area (Å²) in [5.74, 6) is 1.62. The maximum Gasteiger partial charge on any atom is 0.290 e. The average molecular weight is 421 g/mol. The highest BCUT2D eigenvalue weighted by Gasteiger charge is 2.50. The molecular weight excluding hydrogens is 388 g/mol. The second kappa shape index (κ2) is 9.16. The summed E-state index contributed by atoms with van der Waals surface area (Å²) in [6.07, 6.45) is 3.80. The first kappa shape index (κ1) is 22.3. The van der Waals surface area contributed by atoms with Crippen molar-refractivity contribution in [1.82, 2.24) is 19.9 Å². The predicted octanol–water partition coefficient (Wildman–Crippen LogP) is 1.40. The van der Waals surface area contributed by atoms with E-state index in [2.05, 4.69) is 29.1 Å². The number of likely N-dealkylation sites (tertiary alicyclic amines) is 1. The maximum atomic E-state index is 13.2. The number of hydrogen-bond acceptors (Lipinski definition) is 6. The van der Waals surface area contributed by atoms with Gasteiger partial charge >= 0.3 is 0 Å². The molecule has 0 spiro atoms. The first-order valence-corrected chi connectivity index (χ1v) is 10.5. The number of amides is 2. The van der Waals surface area contributed by atoms with Crippen LogP contribution in [0.2, 0.25) is 0 Å². The lowest BCUT2D eigenvalue weighted by Crippen LogP contribution is -2.67. The van der Waals surface area contributed by atoms with Crippen LogP contribution in [0.4, 0.5) is 0 Å². The van der Waals surface area contributed by atoms with Gasteiger partial charge in [-0.05, 0) is 59.0 Å². The Labute approximate surface area is 177 Å². The highest BCUT2D eigenvalue weighted by Crippen LogP contribution is 2.42. The van der Waals surface area contributed by atoms with Crippen molar-refractivity contribution in [3.8, 4) is 0 Å². The van der Waals surface area contributed by atoms with Gasteiger partial charge in [-0.2, -0.15) is 0 Å². The molecule has 3 aliphatic heterocycles. The molecule has 4 rings (SSSR count). The zero-order chi connectivity index (χ0) is 22.0. The maximum absolute atomic E-state index is 13.2. The van der Waals surface area contributed by atoms with Crippen LogP contribution in [0.15, 0.2) is 4.52 Å². The standard InChI is InChI=1S/C20H30N4O3.CH2O2/c1-12-19(13(2)27-21-12)20(26)23-9-14-8-15(10-23)17(11-22(3)4)24-16(14)6-5-7-18(24)25;2-1-3/h14-17H,5-11H2,1-4H3;1H,(H,2,3)/t14-,15+,16+,17+;/m1./s1. The van der Waals surface area contributed by atoms with Crippen LogP contribution in [0.3, 0.4) is 0 Å². The first-order valence-electron chi connectivity index (χ1n) is 10.5. The summed E-state index contributed by atoms with van der Waals surface area (Å²) in [7, 11) is 4.12. The number of likely N-dealkylation sites (N-methyl/N-ethyl adjacent to an activating group) is 1. The van der Waals surface area contributed by atoms with Crippen molar-refractivity contribution in [1.29, 1.82) is 0 Å². The third kappa shape index (κ3) is 4.21. The summed E-state index contributed by atoms with van der Waals surface area (Å²) in [5.41, 5.74) is 1.27. The van der Waals surface area contributed by atoms with E-state index in [4.69, 9.17) is 14.4 Å². The summed E-state index contributed by atoms with van der Waals surface area (Å²) in [6.45, 7) is 5.66. The van der Waals surface area contributed by atoms with Crippen LogP contribution in [-0.4, -0.2) is 89.1 Å². The van der Waals surface area contributed by atoms with Gasteiger partial charge in [0.05, 0.1) is 5.69 Å². The monoisotopic (exact) mass is 420 g/mol. The van der Waals surface area contributed by atoms with Crippen LogP contribution in [0.5, 0.6) is 0 Å². The van der Waals surface area contributed by atoms with E-state index in [-0.39, 0.29) is 24.5 Å². The van der Waals surface area contributed by atoms with E-state index >= 15 is 0 Å². The number of hydrogen-bond donors (Lipinski definition) is 1.